The molecule has 0 heterocycles. The number of carbonyl (C=O) groups is 2. The Hall–Kier alpha value is -2.97. The van der Waals surface area contributed by atoms with Gasteiger partial charge in [0.15, 0.2) is 0 Å². The number of halogens is 1. The molecule has 29 heavy (non-hydrogen) atoms. The molecular formula is C21H16BrNO5S. The molecule has 8 heteroatoms. The normalized spacial score (nSPS) is 11.1. The molecule has 0 atom stereocenters. The molecule has 0 spiro atoms. The summed E-state index contributed by atoms with van der Waals surface area (Å²) in [5, 5.41) is 0. The van der Waals surface area contributed by atoms with Gasteiger partial charge < -0.3 is 10.5 Å². The second kappa shape index (κ2) is 8.59. The molecule has 0 aliphatic rings. The van der Waals surface area contributed by atoms with Gasteiger partial charge in [0.1, 0.15) is 6.61 Å². The van der Waals surface area contributed by atoms with Gasteiger partial charge in [-0.1, -0.05) is 52.3 Å². The van der Waals surface area contributed by atoms with Gasteiger partial charge in [0, 0.05) is 4.47 Å². The number of hydrogen-bond acceptors (Lipinski definition) is 5. The standard InChI is InChI=1S/C21H16BrNO5S/c22-15-9-11-16(12-10-15)29(26,27)18-8-4-7-17(19(18)20(23)24)21(25)28-13-14-5-2-1-3-6-14/h1-12H,13H2,(H2,23,24). The van der Waals surface area contributed by atoms with Crippen LogP contribution in [0.2, 0.25) is 0 Å². The predicted octanol–water partition coefficient (Wildman–Crippen LogP) is 3.74. The Morgan fingerprint density at radius 2 is 1.55 bits per heavy atom. The molecule has 2 N–H and O–H groups in total. The molecule has 0 aliphatic heterocycles. The summed E-state index contributed by atoms with van der Waals surface area (Å²) in [7, 11) is -4.08. The monoisotopic (exact) mass is 473 g/mol. The predicted molar refractivity (Wildman–Crippen MR) is 110 cm³/mol. The maximum atomic E-state index is 13.0. The van der Waals surface area contributed by atoms with E-state index in [0.717, 1.165) is 5.56 Å². The molecule has 0 saturated heterocycles. The van der Waals surface area contributed by atoms with Gasteiger partial charge in [-0.2, -0.15) is 0 Å². The van der Waals surface area contributed by atoms with Crippen molar-refractivity contribution in [2.24, 2.45) is 5.73 Å². The van der Waals surface area contributed by atoms with Gasteiger partial charge in [-0.3, -0.25) is 4.79 Å². The molecule has 0 aromatic heterocycles. The van der Waals surface area contributed by atoms with Gasteiger partial charge in [-0.15, -0.1) is 0 Å². The first-order chi connectivity index (χ1) is 13.8. The van der Waals surface area contributed by atoms with Crippen molar-refractivity contribution < 1.29 is 22.7 Å². The Morgan fingerprint density at radius 3 is 2.17 bits per heavy atom. The fourth-order valence-electron chi connectivity index (χ4n) is 2.72. The molecular weight excluding hydrogens is 458 g/mol. The lowest BCUT2D eigenvalue weighted by atomic mass is 10.1. The fourth-order valence-corrected chi connectivity index (χ4v) is 4.47. The number of nitrogens with two attached hydrogens (primary N) is 1. The van der Waals surface area contributed by atoms with Crippen LogP contribution in [0.1, 0.15) is 26.3 Å². The van der Waals surface area contributed by atoms with Crippen molar-refractivity contribution in [2.45, 2.75) is 16.4 Å². The molecule has 6 nitrogen and oxygen atoms in total. The van der Waals surface area contributed by atoms with Crippen LogP contribution in [0.15, 0.2) is 87.1 Å². The number of esters is 1. The lowest BCUT2D eigenvalue weighted by Crippen LogP contribution is -2.22. The zero-order valence-corrected chi connectivity index (χ0v) is 17.4. The minimum Gasteiger partial charge on any atom is -0.457 e. The molecule has 0 radical (unpaired) electrons. The van der Waals surface area contributed by atoms with Crippen molar-refractivity contribution in [1.29, 1.82) is 0 Å². The average Bonchev–Trinajstić information content (AvgIpc) is 2.72. The molecule has 148 valence electrons. The van der Waals surface area contributed by atoms with Crippen molar-refractivity contribution in [1.82, 2.24) is 0 Å². The third kappa shape index (κ3) is 4.55. The molecule has 0 saturated carbocycles. The van der Waals surface area contributed by atoms with E-state index in [1.54, 1.807) is 36.4 Å². The van der Waals surface area contributed by atoms with Crippen LogP contribution in [0, 0.1) is 0 Å². The van der Waals surface area contributed by atoms with Crippen molar-refractivity contribution in [2.75, 3.05) is 0 Å². The van der Waals surface area contributed by atoms with E-state index < -0.39 is 27.3 Å². The summed E-state index contributed by atoms with van der Waals surface area (Å²) >= 11 is 3.24. The molecule has 0 unspecified atom stereocenters. The summed E-state index contributed by atoms with van der Waals surface area (Å²) in [6, 6.07) is 18.8. The number of primary amides is 1. The van der Waals surface area contributed by atoms with Gasteiger partial charge in [-0.05, 0) is 42.0 Å². The molecule has 0 aliphatic carbocycles. The highest BCUT2D eigenvalue weighted by Crippen LogP contribution is 2.28. The molecule has 3 aromatic rings. The number of benzene rings is 3. The summed E-state index contributed by atoms with van der Waals surface area (Å²) in [6.45, 7) is -0.0262. The highest BCUT2D eigenvalue weighted by atomic mass is 79.9. The molecule has 0 bridgehead atoms. The number of rotatable bonds is 6. The summed E-state index contributed by atoms with van der Waals surface area (Å²) in [5.74, 6) is -1.87. The Bertz CT molecular complexity index is 1160. The molecule has 3 aromatic carbocycles. The van der Waals surface area contributed by atoms with Crippen LogP contribution in [0.4, 0.5) is 0 Å². The second-order valence-electron chi connectivity index (χ2n) is 6.06. The number of sulfone groups is 1. The summed E-state index contributed by atoms with van der Waals surface area (Å²) < 4.78 is 32.0. The second-order valence-corrected chi connectivity index (χ2v) is 8.90. The van der Waals surface area contributed by atoms with Crippen LogP contribution in [0.25, 0.3) is 0 Å². The largest absolute Gasteiger partial charge is 0.457 e. The lowest BCUT2D eigenvalue weighted by Gasteiger charge is -2.13. The Labute approximate surface area is 176 Å². The minimum absolute atomic E-state index is 0.0262. The quantitative estimate of drug-likeness (QED) is 0.549. The van der Waals surface area contributed by atoms with Crippen molar-refractivity contribution in [3.8, 4) is 0 Å². The minimum atomic E-state index is -4.08. The van der Waals surface area contributed by atoms with Crippen molar-refractivity contribution in [3.63, 3.8) is 0 Å². The summed E-state index contributed by atoms with van der Waals surface area (Å²) in [6.07, 6.45) is 0. The Morgan fingerprint density at radius 1 is 0.897 bits per heavy atom. The number of ether oxygens (including phenoxy) is 1. The van der Waals surface area contributed by atoms with E-state index >= 15 is 0 Å². The van der Waals surface area contributed by atoms with E-state index in [0.29, 0.717) is 4.47 Å². The topological polar surface area (TPSA) is 104 Å². The fraction of sp³-hybridized carbons (Fsp3) is 0.0476. The Balaban J connectivity index is 2.01. The lowest BCUT2D eigenvalue weighted by molar-refractivity contribution is 0.0469. The first-order valence-corrected chi connectivity index (χ1v) is 10.7. The maximum Gasteiger partial charge on any atom is 0.339 e. The number of amides is 1. The zero-order chi connectivity index (χ0) is 21.0. The van der Waals surface area contributed by atoms with Gasteiger partial charge in [0.05, 0.1) is 20.9 Å². The first-order valence-electron chi connectivity index (χ1n) is 8.45. The SMILES string of the molecule is NC(=O)c1c(C(=O)OCc2ccccc2)cccc1S(=O)(=O)c1ccc(Br)cc1. The van der Waals surface area contributed by atoms with Gasteiger partial charge in [0.2, 0.25) is 9.84 Å². The first kappa shape index (κ1) is 20.8. The van der Waals surface area contributed by atoms with Crippen LogP contribution in [-0.4, -0.2) is 20.3 Å². The molecule has 0 fully saturated rings. The van der Waals surface area contributed by atoms with Gasteiger partial charge in [-0.25, -0.2) is 13.2 Å². The van der Waals surface area contributed by atoms with Crippen LogP contribution in [0.3, 0.4) is 0 Å². The number of hydrogen-bond donors (Lipinski definition) is 1. The van der Waals surface area contributed by atoms with E-state index in [-0.39, 0.29) is 22.0 Å². The zero-order valence-electron chi connectivity index (χ0n) is 15.0. The van der Waals surface area contributed by atoms with E-state index in [1.807, 2.05) is 6.07 Å². The van der Waals surface area contributed by atoms with Crippen LogP contribution < -0.4 is 5.73 Å². The van der Waals surface area contributed by atoms with Crippen LogP contribution in [-0.2, 0) is 21.2 Å². The van der Waals surface area contributed by atoms with E-state index in [9.17, 15) is 18.0 Å². The highest BCUT2D eigenvalue weighted by Gasteiger charge is 2.28. The van der Waals surface area contributed by atoms with E-state index in [2.05, 4.69) is 15.9 Å². The number of carbonyl (C=O) groups excluding carboxylic acids is 2. The van der Waals surface area contributed by atoms with Crippen molar-refractivity contribution in [3.05, 3.63) is 94.0 Å². The Kier molecular flexibility index (Phi) is 6.14. The summed E-state index contributed by atoms with van der Waals surface area (Å²) in [5.41, 5.74) is 5.59. The van der Waals surface area contributed by atoms with Crippen LogP contribution in [0.5, 0.6) is 0 Å². The van der Waals surface area contributed by atoms with Crippen LogP contribution >= 0.6 is 15.9 Å². The summed E-state index contributed by atoms with van der Waals surface area (Å²) in [4.78, 5) is 24.3. The highest BCUT2D eigenvalue weighted by molar-refractivity contribution is 9.10. The third-order valence-electron chi connectivity index (χ3n) is 4.12. The molecule has 3 rings (SSSR count). The maximum absolute atomic E-state index is 13.0. The van der Waals surface area contributed by atoms with Gasteiger partial charge in [0.25, 0.3) is 5.91 Å². The van der Waals surface area contributed by atoms with E-state index in [1.165, 1.54) is 30.3 Å². The third-order valence-corrected chi connectivity index (χ3v) is 6.46. The smallest absolute Gasteiger partial charge is 0.339 e. The average molecular weight is 474 g/mol. The van der Waals surface area contributed by atoms with Crippen molar-refractivity contribution >= 4 is 37.6 Å². The molecule has 1 amide bonds. The van der Waals surface area contributed by atoms with Gasteiger partial charge >= 0.3 is 5.97 Å². The van der Waals surface area contributed by atoms with E-state index in [4.69, 9.17) is 10.5 Å².